The molecule has 1 atom stereocenters. The van der Waals surface area contributed by atoms with Crippen molar-refractivity contribution in [3.63, 3.8) is 0 Å². The second-order valence-corrected chi connectivity index (χ2v) is 5.20. The van der Waals surface area contributed by atoms with Crippen LogP contribution in [0.3, 0.4) is 0 Å². The van der Waals surface area contributed by atoms with Gasteiger partial charge in [-0.25, -0.2) is 4.39 Å². The zero-order valence-electron chi connectivity index (χ0n) is 12.5. The van der Waals surface area contributed by atoms with E-state index in [9.17, 15) is 4.39 Å². The van der Waals surface area contributed by atoms with Crippen molar-refractivity contribution in [3.05, 3.63) is 29.6 Å². The minimum atomic E-state index is -0.293. The number of halogens is 1. The predicted molar refractivity (Wildman–Crippen MR) is 80.1 cm³/mol. The Morgan fingerprint density at radius 1 is 1.26 bits per heavy atom. The normalized spacial score (nSPS) is 12.8. The first-order chi connectivity index (χ1) is 8.97. The Labute approximate surface area is 116 Å². The molecule has 0 aromatic heterocycles. The maximum atomic E-state index is 13.9. The van der Waals surface area contributed by atoms with Crippen LogP contribution in [0.2, 0.25) is 0 Å². The Bertz CT molecular complexity index is 391. The molecule has 108 valence electrons. The van der Waals surface area contributed by atoms with Gasteiger partial charge in [-0.1, -0.05) is 6.07 Å². The highest BCUT2D eigenvalue weighted by Gasteiger charge is 2.16. The smallest absolute Gasteiger partial charge is 0.130 e. The lowest BCUT2D eigenvalue weighted by Gasteiger charge is -2.27. The van der Waals surface area contributed by atoms with Gasteiger partial charge >= 0.3 is 0 Å². The monoisotopic (exact) mass is 267 g/mol. The van der Waals surface area contributed by atoms with E-state index in [-0.39, 0.29) is 11.9 Å². The lowest BCUT2D eigenvalue weighted by atomic mass is 10.0. The SMILES string of the molecule is CCN(CCCN(C)C)c1cccc(F)c1C(C)N. The fourth-order valence-electron chi connectivity index (χ4n) is 2.28. The lowest BCUT2D eigenvalue weighted by Crippen LogP contribution is -2.29. The summed E-state index contributed by atoms with van der Waals surface area (Å²) in [5.41, 5.74) is 7.46. The van der Waals surface area contributed by atoms with E-state index in [0.717, 1.165) is 31.7 Å². The molecule has 0 spiro atoms. The molecule has 19 heavy (non-hydrogen) atoms. The van der Waals surface area contributed by atoms with Crippen LogP contribution in [0.25, 0.3) is 0 Å². The van der Waals surface area contributed by atoms with E-state index in [1.165, 1.54) is 6.07 Å². The van der Waals surface area contributed by atoms with Gasteiger partial charge in [0.2, 0.25) is 0 Å². The van der Waals surface area contributed by atoms with Crippen molar-refractivity contribution in [2.75, 3.05) is 38.6 Å². The molecule has 0 saturated carbocycles. The maximum Gasteiger partial charge on any atom is 0.130 e. The van der Waals surface area contributed by atoms with Crippen molar-refractivity contribution < 1.29 is 4.39 Å². The summed E-state index contributed by atoms with van der Waals surface area (Å²) in [6, 6.07) is 4.90. The van der Waals surface area contributed by atoms with Gasteiger partial charge in [-0.15, -0.1) is 0 Å². The lowest BCUT2D eigenvalue weighted by molar-refractivity contribution is 0.400. The van der Waals surface area contributed by atoms with E-state index >= 15 is 0 Å². The molecule has 0 aliphatic carbocycles. The van der Waals surface area contributed by atoms with Crippen LogP contribution in [0.5, 0.6) is 0 Å². The zero-order chi connectivity index (χ0) is 14.4. The van der Waals surface area contributed by atoms with Gasteiger partial charge < -0.3 is 15.5 Å². The molecular formula is C15H26FN3. The largest absolute Gasteiger partial charge is 0.371 e. The zero-order valence-corrected chi connectivity index (χ0v) is 12.5. The third-order valence-corrected chi connectivity index (χ3v) is 3.24. The predicted octanol–water partition coefficient (Wildman–Crippen LogP) is 2.62. The average Bonchev–Trinajstić information content (AvgIpc) is 2.33. The number of rotatable bonds is 7. The molecule has 0 amide bonds. The Balaban J connectivity index is 2.89. The fraction of sp³-hybridized carbons (Fsp3) is 0.600. The number of nitrogens with zero attached hydrogens (tertiary/aromatic N) is 2. The molecule has 0 fully saturated rings. The summed E-state index contributed by atoms with van der Waals surface area (Å²) in [4.78, 5) is 4.36. The van der Waals surface area contributed by atoms with Gasteiger partial charge in [-0.05, 0) is 53.0 Å². The number of hydrogen-bond acceptors (Lipinski definition) is 3. The number of anilines is 1. The molecule has 1 aromatic carbocycles. The van der Waals surface area contributed by atoms with Crippen LogP contribution in [0.4, 0.5) is 10.1 Å². The molecule has 0 aliphatic rings. The van der Waals surface area contributed by atoms with Crippen LogP contribution in [0.15, 0.2) is 18.2 Å². The van der Waals surface area contributed by atoms with E-state index < -0.39 is 0 Å². The van der Waals surface area contributed by atoms with Gasteiger partial charge in [-0.3, -0.25) is 0 Å². The summed E-state index contributed by atoms with van der Waals surface area (Å²) in [6.45, 7) is 6.72. The van der Waals surface area contributed by atoms with Gasteiger partial charge in [0.25, 0.3) is 0 Å². The van der Waals surface area contributed by atoms with Crippen LogP contribution >= 0.6 is 0 Å². The minimum Gasteiger partial charge on any atom is -0.371 e. The number of benzene rings is 1. The van der Waals surface area contributed by atoms with E-state index in [2.05, 4.69) is 30.8 Å². The van der Waals surface area contributed by atoms with Crippen molar-refractivity contribution in [2.24, 2.45) is 5.73 Å². The Morgan fingerprint density at radius 3 is 2.47 bits per heavy atom. The highest BCUT2D eigenvalue weighted by Crippen LogP contribution is 2.27. The van der Waals surface area contributed by atoms with Gasteiger partial charge in [0.1, 0.15) is 5.82 Å². The summed E-state index contributed by atoms with van der Waals surface area (Å²) < 4.78 is 13.9. The van der Waals surface area contributed by atoms with Crippen molar-refractivity contribution in [1.82, 2.24) is 4.90 Å². The van der Waals surface area contributed by atoms with Gasteiger partial charge in [-0.2, -0.15) is 0 Å². The van der Waals surface area contributed by atoms with Crippen LogP contribution in [0, 0.1) is 5.82 Å². The molecule has 1 rings (SSSR count). The topological polar surface area (TPSA) is 32.5 Å². The third-order valence-electron chi connectivity index (χ3n) is 3.24. The first kappa shape index (κ1) is 15.9. The second kappa shape index (κ2) is 7.46. The van der Waals surface area contributed by atoms with Crippen molar-refractivity contribution in [2.45, 2.75) is 26.3 Å². The summed E-state index contributed by atoms with van der Waals surface area (Å²) >= 11 is 0. The Kier molecular flexibility index (Phi) is 6.25. The third kappa shape index (κ3) is 4.48. The molecule has 0 heterocycles. The summed E-state index contributed by atoms with van der Waals surface area (Å²) in [5.74, 6) is -0.210. The molecule has 0 bridgehead atoms. The molecule has 0 saturated heterocycles. The van der Waals surface area contributed by atoms with E-state index in [0.29, 0.717) is 5.56 Å². The summed E-state index contributed by atoms with van der Waals surface area (Å²) in [5, 5.41) is 0. The van der Waals surface area contributed by atoms with Gasteiger partial charge in [0, 0.05) is 30.4 Å². The highest BCUT2D eigenvalue weighted by atomic mass is 19.1. The standard InChI is InChI=1S/C15H26FN3/c1-5-19(11-7-10-18(3)4)14-9-6-8-13(16)15(14)12(2)17/h6,8-9,12H,5,7,10-11,17H2,1-4H3. The molecule has 2 N–H and O–H groups in total. The molecule has 3 nitrogen and oxygen atoms in total. The van der Waals surface area contributed by atoms with Crippen molar-refractivity contribution in [1.29, 1.82) is 0 Å². The van der Waals surface area contributed by atoms with Crippen LogP contribution in [0.1, 0.15) is 31.9 Å². The van der Waals surface area contributed by atoms with Gasteiger partial charge in [0.05, 0.1) is 0 Å². The van der Waals surface area contributed by atoms with E-state index in [4.69, 9.17) is 5.73 Å². The first-order valence-electron chi connectivity index (χ1n) is 6.91. The highest BCUT2D eigenvalue weighted by molar-refractivity contribution is 5.55. The number of nitrogens with two attached hydrogens (primary N) is 1. The molecule has 1 unspecified atom stereocenters. The van der Waals surface area contributed by atoms with E-state index in [1.807, 2.05) is 13.0 Å². The molecule has 4 heteroatoms. The minimum absolute atomic E-state index is 0.210. The van der Waals surface area contributed by atoms with Crippen molar-refractivity contribution >= 4 is 5.69 Å². The Morgan fingerprint density at radius 2 is 1.95 bits per heavy atom. The quantitative estimate of drug-likeness (QED) is 0.824. The van der Waals surface area contributed by atoms with Crippen molar-refractivity contribution in [3.8, 4) is 0 Å². The summed E-state index contributed by atoms with van der Waals surface area (Å²) in [7, 11) is 4.12. The molecule has 1 aromatic rings. The molecular weight excluding hydrogens is 241 g/mol. The molecule has 0 radical (unpaired) electrons. The maximum absolute atomic E-state index is 13.9. The van der Waals surface area contributed by atoms with Crippen LogP contribution < -0.4 is 10.6 Å². The van der Waals surface area contributed by atoms with E-state index in [1.54, 1.807) is 6.07 Å². The van der Waals surface area contributed by atoms with Crippen LogP contribution in [-0.4, -0.2) is 38.6 Å². The fourth-order valence-corrected chi connectivity index (χ4v) is 2.28. The summed E-state index contributed by atoms with van der Waals surface area (Å²) in [6.07, 6.45) is 1.05. The Hall–Kier alpha value is -1.13. The second-order valence-electron chi connectivity index (χ2n) is 5.20. The average molecular weight is 267 g/mol. The van der Waals surface area contributed by atoms with Gasteiger partial charge in [0.15, 0.2) is 0 Å². The van der Waals surface area contributed by atoms with Crippen LogP contribution in [-0.2, 0) is 0 Å². The molecule has 0 aliphatic heterocycles. The number of hydrogen-bond donors (Lipinski definition) is 1. The first-order valence-corrected chi connectivity index (χ1v) is 6.91.